The van der Waals surface area contributed by atoms with Crippen molar-refractivity contribution in [1.82, 2.24) is 10.0 Å². The van der Waals surface area contributed by atoms with Gasteiger partial charge in [0.15, 0.2) is 0 Å². The second-order valence-corrected chi connectivity index (χ2v) is 8.31. The molecule has 0 spiro atoms. The third-order valence-corrected chi connectivity index (χ3v) is 5.27. The fraction of sp³-hybridized carbons (Fsp3) is 0.333. The first-order valence-corrected chi connectivity index (χ1v) is 10.5. The van der Waals surface area contributed by atoms with Gasteiger partial charge in [0.05, 0.1) is 5.75 Å². The van der Waals surface area contributed by atoms with Gasteiger partial charge < -0.3 is 10.1 Å². The van der Waals surface area contributed by atoms with E-state index in [1.807, 2.05) is 62.4 Å². The first-order valence-electron chi connectivity index (χ1n) is 8.82. The van der Waals surface area contributed by atoms with Gasteiger partial charge in [-0.25, -0.2) is 13.1 Å². The zero-order valence-electron chi connectivity index (χ0n) is 15.7. The minimum absolute atomic E-state index is 0.0151. The van der Waals surface area contributed by atoms with Crippen LogP contribution in [-0.4, -0.2) is 21.1 Å². The minimum atomic E-state index is -3.31. The summed E-state index contributed by atoms with van der Waals surface area (Å²) in [5, 5.41) is 3.37. The molecular weight excluding hydrogens is 360 g/mol. The van der Waals surface area contributed by atoms with Gasteiger partial charge in [0.2, 0.25) is 10.0 Å². The molecule has 144 valence electrons. The summed E-state index contributed by atoms with van der Waals surface area (Å²) < 4.78 is 32.1. The van der Waals surface area contributed by atoms with Gasteiger partial charge in [0.25, 0.3) is 0 Å². The van der Waals surface area contributed by atoms with E-state index >= 15 is 0 Å². The van der Waals surface area contributed by atoms with E-state index in [1.165, 1.54) is 0 Å². The Morgan fingerprint density at radius 2 is 1.70 bits per heavy atom. The number of para-hydroxylation sites is 1. The van der Waals surface area contributed by atoms with Gasteiger partial charge in [-0.1, -0.05) is 48.4 Å². The summed E-state index contributed by atoms with van der Waals surface area (Å²) in [4.78, 5) is 0. The third kappa shape index (κ3) is 7.43. The highest BCUT2D eigenvalue weighted by Gasteiger charge is 2.12. The van der Waals surface area contributed by atoms with E-state index in [0.717, 1.165) is 22.4 Å². The second-order valence-electron chi connectivity index (χ2n) is 6.55. The molecule has 2 N–H and O–H groups in total. The van der Waals surface area contributed by atoms with Crippen LogP contribution >= 0.6 is 0 Å². The Morgan fingerprint density at radius 1 is 1.04 bits per heavy atom. The number of benzene rings is 2. The molecule has 0 atom stereocenters. The normalized spacial score (nSPS) is 11.3. The average Bonchev–Trinajstić information content (AvgIpc) is 2.61. The molecular formula is C21H26N2O3S. The van der Waals surface area contributed by atoms with Crippen LogP contribution in [0.3, 0.4) is 0 Å². The number of sulfonamides is 1. The van der Waals surface area contributed by atoms with E-state index in [1.54, 1.807) is 0 Å². The molecule has 5 nitrogen and oxygen atoms in total. The largest absolute Gasteiger partial charge is 0.481 e. The predicted molar refractivity (Wildman–Crippen MR) is 109 cm³/mol. The van der Waals surface area contributed by atoms with Crippen LogP contribution in [0.4, 0.5) is 0 Å². The summed E-state index contributed by atoms with van der Waals surface area (Å²) >= 11 is 0. The highest BCUT2D eigenvalue weighted by atomic mass is 32.2. The van der Waals surface area contributed by atoms with Gasteiger partial charge >= 0.3 is 0 Å². The summed E-state index contributed by atoms with van der Waals surface area (Å²) in [6, 6.07) is 15.2. The molecule has 2 aromatic rings. The average molecular weight is 387 g/mol. The van der Waals surface area contributed by atoms with Gasteiger partial charge in [-0.05, 0) is 31.0 Å². The molecule has 0 bridgehead atoms. The van der Waals surface area contributed by atoms with E-state index < -0.39 is 10.0 Å². The predicted octanol–water partition coefficient (Wildman–Crippen LogP) is 2.82. The van der Waals surface area contributed by atoms with Gasteiger partial charge in [-0.15, -0.1) is 6.42 Å². The maximum Gasteiger partial charge on any atom is 0.216 e. The van der Waals surface area contributed by atoms with Crippen molar-refractivity contribution >= 4 is 10.0 Å². The lowest BCUT2D eigenvalue weighted by atomic mass is 10.1. The van der Waals surface area contributed by atoms with Crippen molar-refractivity contribution < 1.29 is 13.2 Å². The first-order chi connectivity index (χ1) is 12.9. The Kier molecular flexibility index (Phi) is 7.86. The number of nitrogens with one attached hydrogen (secondary N) is 2. The Hall–Kier alpha value is -2.33. The lowest BCUT2D eigenvalue weighted by Crippen LogP contribution is -2.31. The van der Waals surface area contributed by atoms with Crippen molar-refractivity contribution in [2.45, 2.75) is 38.7 Å². The summed E-state index contributed by atoms with van der Waals surface area (Å²) in [6.45, 7) is 5.17. The van der Waals surface area contributed by atoms with E-state index in [2.05, 4.69) is 16.0 Å². The van der Waals surface area contributed by atoms with Gasteiger partial charge in [0, 0.05) is 24.7 Å². The highest BCUT2D eigenvalue weighted by Crippen LogP contribution is 2.17. The van der Waals surface area contributed by atoms with Crippen LogP contribution in [0, 0.1) is 12.3 Å². The van der Waals surface area contributed by atoms with E-state index in [9.17, 15) is 8.42 Å². The molecule has 0 amide bonds. The Labute approximate surface area is 162 Å². The van der Waals surface area contributed by atoms with Gasteiger partial charge in [-0.2, -0.15) is 0 Å². The summed E-state index contributed by atoms with van der Waals surface area (Å²) in [6.07, 6.45) is 5.24. The zero-order valence-corrected chi connectivity index (χ0v) is 16.6. The molecule has 0 aromatic heterocycles. The molecule has 0 aliphatic carbocycles. The topological polar surface area (TPSA) is 67.4 Å². The second kappa shape index (κ2) is 10.1. The van der Waals surface area contributed by atoms with E-state index in [-0.39, 0.29) is 18.4 Å². The maximum atomic E-state index is 12.0. The van der Waals surface area contributed by atoms with Crippen molar-refractivity contribution in [1.29, 1.82) is 0 Å². The fourth-order valence-corrected chi connectivity index (χ4v) is 4.06. The molecule has 6 heteroatoms. The molecule has 0 unspecified atom stereocenters. The van der Waals surface area contributed by atoms with Crippen LogP contribution in [0.15, 0.2) is 48.5 Å². The molecule has 0 radical (unpaired) electrons. The van der Waals surface area contributed by atoms with Gasteiger partial charge in [0.1, 0.15) is 12.4 Å². The maximum absolute atomic E-state index is 12.0. The summed E-state index contributed by atoms with van der Waals surface area (Å²) in [5.74, 6) is 3.23. The van der Waals surface area contributed by atoms with E-state index in [4.69, 9.17) is 11.2 Å². The van der Waals surface area contributed by atoms with Crippen LogP contribution in [-0.2, 0) is 28.9 Å². The standard InChI is InChI=1S/C21H26N2O3S/c1-4-13-26-21-8-6-5-7-20(21)15-22-14-18-9-11-19(12-10-18)16-27(24,25)23-17(2)3/h1,5-12,17,22-23H,13-16H2,2-3H3. The quantitative estimate of drug-likeness (QED) is 0.616. The van der Waals surface area contributed by atoms with E-state index in [0.29, 0.717) is 13.1 Å². The molecule has 0 saturated heterocycles. The zero-order chi connectivity index (χ0) is 19.7. The Morgan fingerprint density at radius 3 is 2.37 bits per heavy atom. The van der Waals surface area contributed by atoms with Crippen LogP contribution < -0.4 is 14.8 Å². The third-order valence-electron chi connectivity index (χ3n) is 3.72. The molecule has 0 saturated carbocycles. The molecule has 0 aliphatic heterocycles. The Balaban J connectivity index is 1.88. The molecule has 2 aromatic carbocycles. The van der Waals surface area contributed by atoms with Crippen LogP contribution in [0.25, 0.3) is 0 Å². The van der Waals surface area contributed by atoms with Crippen molar-refractivity contribution in [2.24, 2.45) is 0 Å². The smallest absolute Gasteiger partial charge is 0.216 e. The molecule has 27 heavy (non-hydrogen) atoms. The number of hydrogen-bond acceptors (Lipinski definition) is 4. The molecule has 2 rings (SSSR count). The summed E-state index contributed by atoms with van der Waals surface area (Å²) in [7, 11) is -3.31. The Bertz CT molecular complexity index is 869. The monoisotopic (exact) mass is 386 g/mol. The van der Waals surface area contributed by atoms with Crippen molar-refractivity contribution in [3.8, 4) is 18.1 Å². The van der Waals surface area contributed by atoms with Crippen LogP contribution in [0.1, 0.15) is 30.5 Å². The lowest BCUT2D eigenvalue weighted by molar-refractivity contribution is 0.365. The van der Waals surface area contributed by atoms with Gasteiger partial charge in [-0.3, -0.25) is 0 Å². The fourth-order valence-electron chi connectivity index (χ4n) is 2.63. The SMILES string of the molecule is C#CCOc1ccccc1CNCc1ccc(CS(=O)(=O)NC(C)C)cc1. The number of rotatable bonds is 10. The molecule has 0 heterocycles. The van der Waals surface area contributed by atoms with Crippen molar-refractivity contribution in [2.75, 3.05) is 6.61 Å². The summed E-state index contributed by atoms with van der Waals surface area (Å²) in [5.41, 5.74) is 2.88. The van der Waals surface area contributed by atoms with Crippen molar-refractivity contribution in [3.63, 3.8) is 0 Å². The highest BCUT2D eigenvalue weighted by molar-refractivity contribution is 7.88. The lowest BCUT2D eigenvalue weighted by Gasteiger charge is -2.11. The molecule has 0 fully saturated rings. The van der Waals surface area contributed by atoms with Crippen LogP contribution in [0.5, 0.6) is 5.75 Å². The number of terminal acetylenes is 1. The first kappa shape index (κ1) is 21.0. The van der Waals surface area contributed by atoms with Crippen molar-refractivity contribution in [3.05, 3.63) is 65.2 Å². The molecule has 0 aliphatic rings. The minimum Gasteiger partial charge on any atom is -0.481 e. The van der Waals surface area contributed by atoms with Crippen LogP contribution in [0.2, 0.25) is 0 Å². The number of hydrogen-bond donors (Lipinski definition) is 2. The number of ether oxygens (including phenoxy) is 1.